The summed E-state index contributed by atoms with van der Waals surface area (Å²) in [5.41, 5.74) is 2.21. The number of hydrazine groups is 1. The third-order valence-electron chi connectivity index (χ3n) is 2.67. The first-order valence-electron chi connectivity index (χ1n) is 6.51. The molecule has 2 rings (SSSR count). The molecule has 1 saturated carbocycles. The molecule has 0 saturated heterocycles. The zero-order chi connectivity index (χ0) is 15.6. The molecule has 0 unspecified atom stereocenters. The van der Waals surface area contributed by atoms with Gasteiger partial charge in [0.05, 0.1) is 6.10 Å². The van der Waals surface area contributed by atoms with E-state index in [0.29, 0.717) is 12.8 Å². The zero-order valence-corrected chi connectivity index (χ0v) is 11.7. The van der Waals surface area contributed by atoms with E-state index in [2.05, 4.69) is 20.4 Å². The topological polar surface area (TPSA) is 89.2 Å². The molecule has 1 heterocycles. The molecule has 1 aliphatic carbocycles. The number of hydrogen-bond acceptors (Lipinski definition) is 7. The zero-order valence-electron chi connectivity index (χ0n) is 11.7. The van der Waals surface area contributed by atoms with Crippen molar-refractivity contribution >= 4 is 11.9 Å². The number of nitrogens with zero attached hydrogens (tertiary/aromatic N) is 4. The fraction of sp³-hybridized carbons (Fsp3) is 0.727. The first-order valence-corrected chi connectivity index (χ1v) is 6.51. The minimum Gasteiger partial charge on any atom is -0.461 e. The van der Waals surface area contributed by atoms with Gasteiger partial charge >= 0.3 is 12.2 Å². The highest BCUT2D eigenvalue weighted by atomic mass is 19.4. The summed E-state index contributed by atoms with van der Waals surface area (Å²) in [4.78, 5) is 12.8. The standard InChI is InChI=1S/C11H17F3N6O/c1-6(2)21-10-17-8(19-15)16-9(18-10)20(7-3-4-7)5-11(12,13)14/h6-7H,3-5,15H2,1-2H3,(H,16,17,18,19). The third-order valence-corrected chi connectivity index (χ3v) is 2.67. The maximum Gasteiger partial charge on any atom is 0.406 e. The van der Waals surface area contributed by atoms with Crippen LogP contribution in [0.15, 0.2) is 0 Å². The number of alkyl halides is 3. The Bertz CT molecular complexity index is 491. The van der Waals surface area contributed by atoms with Crippen LogP contribution in [-0.2, 0) is 0 Å². The maximum atomic E-state index is 12.7. The summed E-state index contributed by atoms with van der Waals surface area (Å²) in [6.07, 6.45) is -3.21. The van der Waals surface area contributed by atoms with Crippen molar-refractivity contribution in [2.24, 2.45) is 5.84 Å². The summed E-state index contributed by atoms with van der Waals surface area (Å²) in [7, 11) is 0. The predicted octanol–water partition coefficient (Wildman–Crippen LogP) is 1.48. The smallest absolute Gasteiger partial charge is 0.406 e. The van der Waals surface area contributed by atoms with E-state index >= 15 is 0 Å². The van der Waals surface area contributed by atoms with E-state index in [1.807, 2.05) is 0 Å². The molecule has 1 aromatic heterocycles. The van der Waals surface area contributed by atoms with Crippen LogP contribution >= 0.6 is 0 Å². The summed E-state index contributed by atoms with van der Waals surface area (Å²) < 4.78 is 43.4. The molecule has 0 aliphatic heterocycles. The van der Waals surface area contributed by atoms with Crippen LogP contribution in [0.2, 0.25) is 0 Å². The normalized spacial score (nSPS) is 15.2. The van der Waals surface area contributed by atoms with Crippen molar-refractivity contribution in [1.82, 2.24) is 15.0 Å². The molecule has 1 fully saturated rings. The minimum atomic E-state index is -4.34. The molecule has 0 aromatic carbocycles. The number of ether oxygens (including phenoxy) is 1. The summed E-state index contributed by atoms with van der Waals surface area (Å²) in [5.74, 6) is 5.11. The van der Waals surface area contributed by atoms with Gasteiger partial charge in [0.1, 0.15) is 6.54 Å². The van der Waals surface area contributed by atoms with Crippen LogP contribution in [0.1, 0.15) is 26.7 Å². The highest BCUT2D eigenvalue weighted by Crippen LogP contribution is 2.33. The Morgan fingerprint density at radius 1 is 1.33 bits per heavy atom. The van der Waals surface area contributed by atoms with Gasteiger partial charge in [0.15, 0.2) is 0 Å². The Morgan fingerprint density at radius 3 is 2.48 bits per heavy atom. The van der Waals surface area contributed by atoms with Crippen LogP contribution in [0.4, 0.5) is 25.1 Å². The molecule has 1 aromatic rings. The largest absolute Gasteiger partial charge is 0.461 e. The summed E-state index contributed by atoms with van der Waals surface area (Å²) >= 11 is 0. The average Bonchev–Trinajstić information content (AvgIpc) is 3.17. The highest BCUT2D eigenvalue weighted by Gasteiger charge is 2.39. The van der Waals surface area contributed by atoms with Crippen LogP contribution < -0.4 is 20.9 Å². The Morgan fingerprint density at radius 2 is 2.00 bits per heavy atom. The number of nitrogen functional groups attached to an aromatic ring is 1. The molecular weight excluding hydrogens is 289 g/mol. The molecule has 0 atom stereocenters. The highest BCUT2D eigenvalue weighted by molar-refractivity contribution is 5.40. The molecule has 3 N–H and O–H groups in total. The van der Waals surface area contributed by atoms with E-state index in [0.717, 1.165) is 4.90 Å². The van der Waals surface area contributed by atoms with Gasteiger partial charge in [-0.05, 0) is 26.7 Å². The Hall–Kier alpha value is -1.84. The molecule has 1 aliphatic rings. The van der Waals surface area contributed by atoms with Crippen LogP contribution in [0, 0.1) is 0 Å². The van der Waals surface area contributed by atoms with E-state index in [4.69, 9.17) is 10.6 Å². The van der Waals surface area contributed by atoms with E-state index in [1.54, 1.807) is 13.8 Å². The summed E-state index contributed by atoms with van der Waals surface area (Å²) in [6.45, 7) is 2.40. The van der Waals surface area contributed by atoms with Gasteiger partial charge in [-0.25, -0.2) is 5.84 Å². The van der Waals surface area contributed by atoms with Gasteiger partial charge in [-0.1, -0.05) is 0 Å². The molecule has 0 bridgehead atoms. The Labute approximate surface area is 119 Å². The van der Waals surface area contributed by atoms with Crippen molar-refractivity contribution in [3.8, 4) is 6.01 Å². The van der Waals surface area contributed by atoms with Gasteiger partial charge < -0.3 is 9.64 Å². The number of nitrogens with one attached hydrogen (secondary N) is 1. The van der Waals surface area contributed by atoms with E-state index in [9.17, 15) is 13.2 Å². The van der Waals surface area contributed by atoms with Crippen LogP contribution in [0.3, 0.4) is 0 Å². The number of hydrogen-bond donors (Lipinski definition) is 2. The van der Waals surface area contributed by atoms with Crippen molar-refractivity contribution in [3.63, 3.8) is 0 Å². The SMILES string of the molecule is CC(C)Oc1nc(NN)nc(N(CC(F)(F)F)C2CC2)n1. The first kappa shape index (κ1) is 15.5. The van der Waals surface area contributed by atoms with Gasteiger partial charge in [-0.3, -0.25) is 5.43 Å². The number of nitrogens with two attached hydrogens (primary N) is 1. The molecule has 0 amide bonds. The lowest BCUT2D eigenvalue weighted by molar-refractivity contribution is -0.120. The van der Waals surface area contributed by atoms with Crippen molar-refractivity contribution in [2.45, 2.75) is 45.0 Å². The first-order chi connectivity index (χ1) is 9.78. The van der Waals surface area contributed by atoms with Crippen LogP contribution in [-0.4, -0.2) is 39.8 Å². The van der Waals surface area contributed by atoms with Crippen molar-refractivity contribution in [1.29, 1.82) is 0 Å². The number of aromatic nitrogens is 3. The molecule has 7 nitrogen and oxygen atoms in total. The number of halogens is 3. The maximum absolute atomic E-state index is 12.7. The van der Waals surface area contributed by atoms with Gasteiger partial charge in [-0.15, -0.1) is 0 Å². The van der Waals surface area contributed by atoms with Crippen LogP contribution in [0.25, 0.3) is 0 Å². The molecule has 10 heteroatoms. The van der Waals surface area contributed by atoms with E-state index in [-0.39, 0.29) is 30.1 Å². The second-order valence-corrected chi connectivity index (χ2v) is 5.03. The molecular formula is C11H17F3N6O. The lowest BCUT2D eigenvalue weighted by Crippen LogP contribution is -2.37. The predicted molar refractivity (Wildman–Crippen MR) is 69.8 cm³/mol. The third kappa shape index (κ3) is 4.59. The lowest BCUT2D eigenvalue weighted by Gasteiger charge is -2.24. The fourth-order valence-corrected chi connectivity index (χ4v) is 1.74. The summed E-state index contributed by atoms with van der Waals surface area (Å²) in [5, 5.41) is 0. The van der Waals surface area contributed by atoms with Gasteiger partial charge in [0.2, 0.25) is 11.9 Å². The minimum absolute atomic E-state index is 0.0384. The van der Waals surface area contributed by atoms with Gasteiger partial charge in [0.25, 0.3) is 0 Å². The van der Waals surface area contributed by atoms with Crippen LogP contribution in [0.5, 0.6) is 6.01 Å². The van der Waals surface area contributed by atoms with Gasteiger partial charge in [-0.2, -0.15) is 28.1 Å². The Kier molecular flexibility index (Phi) is 4.35. The lowest BCUT2D eigenvalue weighted by atomic mass is 10.4. The van der Waals surface area contributed by atoms with Gasteiger partial charge in [0, 0.05) is 6.04 Å². The molecule has 0 spiro atoms. The van der Waals surface area contributed by atoms with E-state index < -0.39 is 12.7 Å². The molecule has 0 radical (unpaired) electrons. The van der Waals surface area contributed by atoms with Crippen molar-refractivity contribution in [3.05, 3.63) is 0 Å². The monoisotopic (exact) mass is 306 g/mol. The second-order valence-electron chi connectivity index (χ2n) is 5.03. The Balaban J connectivity index is 2.30. The van der Waals surface area contributed by atoms with Crippen molar-refractivity contribution < 1.29 is 17.9 Å². The molecule has 118 valence electrons. The number of rotatable bonds is 6. The quantitative estimate of drug-likeness (QED) is 0.607. The van der Waals surface area contributed by atoms with Crippen molar-refractivity contribution in [2.75, 3.05) is 16.9 Å². The average molecular weight is 306 g/mol. The van der Waals surface area contributed by atoms with E-state index in [1.165, 1.54) is 0 Å². The number of anilines is 2. The second kappa shape index (κ2) is 5.88. The molecule has 21 heavy (non-hydrogen) atoms. The summed E-state index contributed by atoms with van der Waals surface area (Å²) in [6, 6.07) is -0.276. The fourth-order valence-electron chi connectivity index (χ4n) is 1.74.